The van der Waals surface area contributed by atoms with Crippen molar-refractivity contribution in [2.45, 2.75) is 20.8 Å². The van der Waals surface area contributed by atoms with Gasteiger partial charge in [-0.2, -0.15) is 0 Å². The summed E-state index contributed by atoms with van der Waals surface area (Å²) in [5, 5.41) is 1.10. The Kier molecular flexibility index (Phi) is 6.49. The lowest BCUT2D eigenvalue weighted by Gasteiger charge is -2.35. The minimum absolute atomic E-state index is 0.0453. The van der Waals surface area contributed by atoms with E-state index in [1.54, 1.807) is 7.11 Å². The molecule has 0 N–H and O–H groups in total. The molecule has 32 heavy (non-hydrogen) atoms. The standard InChI is InChI=1S/C26H31N3O3/c1-18(2)17-32-21-8-5-7-20(16-21)26(30)29-13-11-28(12-14-29)24-15-19(3)22-9-6-10-23(31-4)25(22)27-24/h5-10,15-16,18H,11-14,17H2,1-4H3. The highest BCUT2D eigenvalue weighted by molar-refractivity contribution is 5.95. The molecule has 3 aromatic rings. The van der Waals surface area contributed by atoms with Crippen molar-refractivity contribution in [1.29, 1.82) is 0 Å². The van der Waals surface area contributed by atoms with Crippen molar-refractivity contribution in [3.05, 3.63) is 59.7 Å². The Morgan fingerprint density at radius 3 is 2.53 bits per heavy atom. The summed E-state index contributed by atoms with van der Waals surface area (Å²) in [6.07, 6.45) is 0. The lowest BCUT2D eigenvalue weighted by molar-refractivity contribution is 0.0746. The van der Waals surface area contributed by atoms with Gasteiger partial charge in [0.05, 0.1) is 13.7 Å². The highest BCUT2D eigenvalue weighted by Crippen LogP contribution is 2.29. The molecule has 0 bridgehead atoms. The minimum Gasteiger partial charge on any atom is -0.494 e. The van der Waals surface area contributed by atoms with E-state index in [0.29, 0.717) is 31.2 Å². The molecule has 0 radical (unpaired) electrons. The molecular formula is C26H31N3O3. The molecule has 0 aliphatic carbocycles. The molecule has 2 aromatic carbocycles. The van der Waals surface area contributed by atoms with Gasteiger partial charge in [0.2, 0.25) is 0 Å². The predicted molar refractivity (Wildman–Crippen MR) is 128 cm³/mol. The third-order valence-corrected chi connectivity index (χ3v) is 5.77. The summed E-state index contributed by atoms with van der Waals surface area (Å²) in [6.45, 7) is 9.74. The molecule has 1 aromatic heterocycles. The quantitative estimate of drug-likeness (QED) is 0.571. The van der Waals surface area contributed by atoms with Crippen LogP contribution in [0.25, 0.3) is 10.9 Å². The van der Waals surface area contributed by atoms with Crippen LogP contribution in [0.15, 0.2) is 48.5 Å². The van der Waals surface area contributed by atoms with Gasteiger partial charge in [0.1, 0.15) is 22.8 Å². The van der Waals surface area contributed by atoms with Crippen molar-refractivity contribution in [2.24, 2.45) is 5.92 Å². The zero-order valence-corrected chi connectivity index (χ0v) is 19.3. The average molecular weight is 434 g/mol. The van der Waals surface area contributed by atoms with Crippen LogP contribution in [-0.4, -0.2) is 55.7 Å². The number of hydrogen-bond acceptors (Lipinski definition) is 5. The Bertz CT molecular complexity index is 1100. The maximum atomic E-state index is 13.1. The van der Waals surface area contributed by atoms with Gasteiger partial charge in [-0.3, -0.25) is 4.79 Å². The summed E-state index contributed by atoms with van der Waals surface area (Å²) >= 11 is 0. The highest BCUT2D eigenvalue weighted by Gasteiger charge is 2.24. The van der Waals surface area contributed by atoms with Crippen LogP contribution in [0.2, 0.25) is 0 Å². The summed E-state index contributed by atoms with van der Waals surface area (Å²) < 4.78 is 11.3. The van der Waals surface area contributed by atoms with E-state index in [1.807, 2.05) is 41.3 Å². The molecule has 0 saturated carbocycles. The van der Waals surface area contributed by atoms with Gasteiger partial charge in [-0.15, -0.1) is 0 Å². The smallest absolute Gasteiger partial charge is 0.254 e. The number of piperazine rings is 1. The van der Waals surface area contributed by atoms with Crippen LogP contribution in [0.4, 0.5) is 5.82 Å². The number of para-hydroxylation sites is 1. The number of carbonyl (C=O) groups excluding carboxylic acids is 1. The molecule has 0 spiro atoms. The fourth-order valence-electron chi connectivity index (χ4n) is 4.00. The average Bonchev–Trinajstić information content (AvgIpc) is 2.82. The summed E-state index contributed by atoms with van der Waals surface area (Å²) in [5.41, 5.74) is 2.71. The Hall–Kier alpha value is -3.28. The molecule has 168 valence electrons. The first-order valence-electron chi connectivity index (χ1n) is 11.2. The number of aromatic nitrogens is 1. The second-order valence-electron chi connectivity index (χ2n) is 8.67. The molecule has 1 amide bonds. The largest absolute Gasteiger partial charge is 0.494 e. The fourth-order valence-corrected chi connectivity index (χ4v) is 4.00. The zero-order valence-electron chi connectivity index (χ0n) is 19.3. The first kappa shape index (κ1) is 21.9. The Morgan fingerprint density at radius 1 is 1.06 bits per heavy atom. The molecule has 1 aliphatic rings. The molecule has 4 rings (SSSR count). The molecule has 0 atom stereocenters. The molecule has 2 heterocycles. The number of aryl methyl sites for hydroxylation is 1. The number of pyridine rings is 1. The Labute approximate surface area is 189 Å². The van der Waals surface area contributed by atoms with Crippen molar-refractivity contribution in [3.8, 4) is 11.5 Å². The zero-order chi connectivity index (χ0) is 22.7. The number of benzene rings is 2. The van der Waals surface area contributed by atoms with E-state index in [9.17, 15) is 4.79 Å². The fraction of sp³-hybridized carbons (Fsp3) is 0.385. The highest BCUT2D eigenvalue weighted by atomic mass is 16.5. The van der Waals surface area contributed by atoms with Crippen molar-refractivity contribution in [3.63, 3.8) is 0 Å². The number of methoxy groups -OCH3 is 1. The monoisotopic (exact) mass is 433 g/mol. The normalized spacial score (nSPS) is 14.2. The third kappa shape index (κ3) is 4.64. The number of nitrogens with zero attached hydrogens (tertiary/aromatic N) is 3. The summed E-state index contributed by atoms with van der Waals surface area (Å²) in [6, 6.07) is 15.6. The molecule has 6 heteroatoms. The van der Waals surface area contributed by atoms with Gasteiger partial charge >= 0.3 is 0 Å². The molecule has 1 aliphatic heterocycles. The first-order valence-corrected chi connectivity index (χ1v) is 11.2. The second kappa shape index (κ2) is 9.47. The van der Waals surface area contributed by atoms with Crippen LogP contribution in [0.3, 0.4) is 0 Å². The second-order valence-corrected chi connectivity index (χ2v) is 8.67. The number of fused-ring (bicyclic) bond motifs is 1. The minimum atomic E-state index is 0.0453. The van der Waals surface area contributed by atoms with Crippen LogP contribution < -0.4 is 14.4 Å². The van der Waals surface area contributed by atoms with Gasteiger partial charge in [0, 0.05) is 37.1 Å². The first-order chi connectivity index (χ1) is 15.5. The Balaban J connectivity index is 1.45. The number of carbonyl (C=O) groups is 1. The number of amides is 1. The van der Waals surface area contributed by atoms with Gasteiger partial charge in [-0.25, -0.2) is 4.98 Å². The van der Waals surface area contributed by atoms with E-state index in [-0.39, 0.29) is 5.91 Å². The molecule has 1 saturated heterocycles. The van der Waals surface area contributed by atoms with Crippen LogP contribution >= 0.6 is 0 Å². The number of hydrogen-bond donors (Lipinski definition) is 0. The Morgan fingerprint density at radius 2 is 1.81 bits per heavy atom. The topological polar surface area (TPSA) is 54.9 Å². The number of rotatable bonds is 6. The lowest BCUT2D eigenvalue weighted by Crippen LogP contribution is -2.49. The maximum Gasteiger partial charge on any atom is 0.254 e. The van der Waals surface area contributed by atoms with Gasteiger partial charge < -0.3 is 19.3 Å². The predicted octanol–water partition coefficient (Wildman–Crippen LogP) is 4.55. The number of ether oxygens (including phenoxy) is 2. The third-order valence-electron chi connectivity index (χ3n) is 5.77. The summed E-state index contributed by atoms with van der Waals surface area (Å²) in [4.78, 5) is 22.1. The summed E-state index contributed by atoms with van der Waals surface area (Å²) in [7, 11) is 1.67. The van der Waals surface area contributed by atoms with Crippen molar-refractivity contribution in [2.75, 3.05) is 44.8 Å². The maximum absolute atomic E-state index is 13.1. The van der Waals surface area contributed by atoms with Crippen LogP contribution in [0, 0.1) is 12.8 Å². The van der Waals surface area contributed by atoms with E-state index in [1.165, 1.54) is 5.56 Å². The molecule has 0 unspecified atom stereocenters. The van der Waals surface area contributed by atoms with Crippen LogP contribution in [0.1, 0.15) is 29.8 Å². The van der Waals surface area contributed by atoms with Gasteiger partial charge in [0.25, 0.3) is 5.91 Å². The van der Waals surface area contributed by atoms with E-state index < -0.39 is 0 Å². The van der Waals surface area contributed by atoms with Gasteiger partial charge in [-0.1, -0.05) is 32.0 Å². The van der Waals surface area contributed by atoms with E-state index in [0.717, 1.165) is 41.3 Å². The van der Waals surface area contributed by atoms with Crippen molar-refractivity contribution >= 4 is 22.6 Å². The molecule has 6 nitrogen and oxygen atoms in total. The van der Waals surface area contributed by atoms with E-state index in [2.05, 4.69) is 37.8 Å². The van der Waals surface area contributed by atoms with Gasteiger partial charge in [0.15, 0.2) is 0 Å². The molecule has 1 fully saturated rings. The van der Waals surface area contributed by atoms with Crippen LogP contribution in [0.5, 0.6) is 11.5 Å². The SMILES string of the molecule is COc1cccc2c(C)cc(N3CCN(C(=O)c4cccc(OCC(C)C)c4)CC3)nc12. The van der Waals surface area contributed by atoms with E-state index >= 15 is 0 Å². The van der Waals surface area contributed by atoms with Crippen LogP contribution in [-0.2, 0) is 0 Å². The lowest BCUT2D eigenvalue weighted by atomic mass is 10.1. The molecular weight excluding hydrogens is 402 g/mol. The number of anilines is 1. The van der Waals surface area contributed by atoms with E-state index in [4.69, 9.17) is 14.5 Å². The summed E-state index contributed by atoms with van der Waals surface area (Å²) in [5.74, 6) is 2.93. The van der Waals surface area contributed by atoms with Crippen molar-refractivity contribution in [1.82, 2.24) is 9.88 Å². The van der Waals surface area contributed by atoms with Crippen molar-refractivity contribution < 1.29 is 14.3 Å². The van der Waals surface area contributed by atoms with Gasteiger partial charge in [-0.05, 0) is 48.7 Å².